The van der Waals surface area contributed by atoms with Crippen LogP contribution in [0.25, 0.3) is 5.76 Å². The Balaban J connectivity index is 2.24. The van der Waals surface area contributed by atoms with Gasteiger partial charge in [0.15, 0.2) is 0 Å². The fourth-order valence-corrected chi connectivity index (χ4v) is 3.55. The van der Waals surface area contributed by atoms with E-state index in [-0.39, 0.29) is 11.3 Å². The predicted molar refractivity (Wildman–Crippen MR) is 104 cm³/mol. The number of Topliss-reactive ketones (excluding diaryl/α,β-unsaturated/α-hetero) is 1. The van der Waals surface area contributed by atoms with E-state index in [1.807, 2.05) is 19.1 Å². The SMILES string of the molecule is CCCN1C(=O)C(=O)/C(=C(\O)c2cccc(Cl)c2)C1c1ccccc1OC. The molecule has 27 heavy (non-hydrogen) atoms. The zero-order valence-corrected chi connectivity index (χ0v) is 15.9. The predicted octanol–water partition coefficient (Wildman–Crippen LogP) is 4.18. The Morgan fingerprint density at radius 3 is 2.59 bits per heavy atom. The van der Waals surface area contributed by atoms with Crippen molar-refractivity contribution in [3.8, 4) is 5.75 Å². The van der Waals surface area contributed by atoms with Crippen LogP contribution < -0.4 is 4.74 Å². The molecule has 0 aromatic heterocycles. The van der Waals surface area contributed by atoms with E-state index in [0.29, 0.717) is 34.9 Å². The van der Waals surface area contributed by atoms with Gasteiger partial charge in [0.2, 0.25) is 0 Å². The largest absolute Gasteiger partial charge is 0.507 e. The van der Waals surface area contributed by atoms with Gasteiger partial charge in [0.05, 0.1) is 18.7 Å². The average Bonchev–Trinajstić information content (AvgIpc) is 2.92. The number of amides is 1. The summed E-state index contributed by atoms with van der Waals surface area (Å²) < 4.78 is 5.43. The summed E-state index contributed by atoms with van der Waals surface area (Å²) in [5, 5.41) is 11.3. The number of aliphatic hydroxyl groups excluding tert-OH is 1. The molecule has 0 bridgehead atoms. The molecule has 1 fully saturated rings. The molecule has 140 valence electrons. The number of ketones is 1. The van der Waals surface area contributed by atoms with E-state index >= 15 is 0 Å². The van der Waals surface area contributed by atoms with Crippen molar-refractivity contribution in [2.24, 2.45) is 0 Å². The van der Waals surface area contributed by atoms with E-state index in [1.165, 1.54) is 12.0 Å². The fraction of sp³-hybridized carbons (Fsp3) is 0.238. The number of nitrogens with zero attached hydrogens (tertiary/aromatic N) is 1. The lowest BCUT2D eigenvalue weighted by Gasteiger charge is -2.26. The third-order valence-electron chi connectivity index (χ3n) is 4.54. The molecular formula is C21H20ClNO4. The number of halogens is 1. The van der Waals surface area contributed by atoms with Crippen LogP contribution in [0.3, 0.4) is 0 Å². The van der Waals surface area contributed by atoms with Crippen LogP contribution in [-0.2, 0) is 9.59 Å². The first-order valence-electron chi connectivity index (χ1n) is 8.66. The average molecular weight is 386 g/mol. The number of likely N-dealkylation sites (tertiary alicyclic amines) is 1. The summed E-state index contributed by atoms with van der Waals surface area (Å²) in [5.41, 5.74) is 1.08. The second-order valence-corrected chi connectivity index (χ2v) is 6.68. The van der Waals surface area contributed by atoms with Crippen molar-refractivity contribution in [2.75, 3.05) is 13.7 Å². The van der Waals surface area contributed by atoms with Crippen LogP contribution >= 0.6 is 11.6 Å². The van der Waals surface area contributed by atoms with Crippen LogP contribution in [0.2, 0.25) is 5.02 Å². The Morgan fingerprint density at radius 1 is 1.19 bits per heavy atom. The number of para-hydroxylation sites is 1. The summed E-state index contributed by atoms with van der Waals surface area (Å²) in [7, 11) is 1.53. The summed E-state index contributed by atoms with van der Waals surface area (Å²) in [6.07, 6.45) is 0.676. The van der Waals surface area contributed by atoms with E-state index in [2.05, 4.69) is 0 Å². The van der Waals surface area contributed by atoms with Gasteiger partial charge in [-0.3, -0.25) is 9.59 Å². The number of aliphatic hydroxyl groups is 1. The van der Waals surface area contributed by atoms with Crippen molar-refractivity contribution in [3.05, 3.63) is 70.3 Å². The maximum Gasteiger partial charge on any atom is 0.295 e. The Bertz CT molecular complexity index is 922. The fourth-order valence-electron chi connectivity index (χ4n) is 3.36. The first-order valence-corrected chi connectivity index (χ1v) is 9.04. The van der Waals surface area contributed by atoms with E-state index in [9.17, 15) is 14.7 Å². The number of carbonyl (C=O) groups excluding carboxylic acids is 2. The molecule has 0 saturated carbocycles. The summed E-state index contributed by atoms with van der Waals surface area (Å²) in [6, 6.07) is 13.0. The first kappa shape index (κ1) is 19.0. The summed E-state index contributed by atoms with van der Waals surface area (Å²) in [4.78, 5) is 26.9. The second-order valence-electron chi connectivity index (χ2n) is 6.24. The van der Waals surface area contributed by atoms with Gasteiger partial charge in [0, 0.05) is 22.7 Å². The number of benzene rings is 2. The van der Waals surface area contributed by atoms with Gasteiger partial charge in [-0.1, -0.05) is 48.9 Å². The molecule has 1 aliphatic heterocycles. The van der Waals surface area contributed by atoms with Gasteiger partial charge in [0.25, 0.3) is 11.7 Å². The molecule has 3 rings (SSSR count). The topological polar surface area (TPSA) is 66.8 Å². The molecule has 1 saturated heterocycles. The minimum absolute atomic E-state index is 0.0419. The van der Waals surface area contributed by atoms with Crippen LogP contribution in [0.5, 0.6) is 5.75 Å². The monoisotopic (exact) mass is 385 g/mol. The highest BCUT2D eigenvalue weighted by atomic mass is 35.5. The number of ether oxygens (including phenoxy) is 1. The first-order chi connectivity index (χ1) is 13.0. The van der Waals surface area contributed by atoms with Crippen LogP contribution in [0.4, 0.5) is 0 Å². The van der Waals surface area contributed by atoms with E-state index in [1.54, 1.807) is 36.4 Å². The van der Waals surface area contributed by atoms with Gasteiger partial charge >= 0.3 is 0 Å². The number of hydrogen-bond donors (Lipinski definition) is 1. The lowest BCUT2D eigenvalue weighted by molar-refractivity contribution is -0.139. The van der Waals surface area contributed by atoms with Crippen molar-refractivity contribution < 1.29 is 19.4 Å². The Kier molecular flexibility index (Phi) is 5.51. The standard InChI is InChI=1S/C21H20ClNO4/c1-3-11-23-18(15-9-4-5-10-16(15)27-2)17(20(25)21(23)26)19(24)13-7-6-8-14(22)12-13/h4-10,12,18,24H,3,11H2,1-2H3/b19-17-. The molecule has 0 radical (unpaired) electrons. The van der Waals surface area contributed by atoms with Crippen molar-refractivity contribution in [2.45, 2.75) is 19.4 Å². The normalized spacial score (nSPS) is 18.8. The third kappa shape index (κ3) is 3.43. The van der Waals surface area contributed by atoms with Gasteiger partial charge < -0.3 is 14.7 Å². The number of rotatable bonds is 5. The molecule has 1 N–H and O–H groups in total. The van der Waals surface area contributed by atoms with Gasteiger partial charge in [-0.25, -0.2) is 0 Å². The zero-order valence-electron chi connectivity index (χ0n) is 15.1. The molecule has 1 heterocycles. The van der Waals surface area contributed by atoms with E-state index < -0.39 is 17.7 Å². The molecule has 1 atom stereocenters. The number of methoxy groups -OCH3 is 1. The smallest absolute Gasteiger partial charge is 0.295 e. The molecule has 0 spiro atoms. The summed E-state index contributed by atoms with van der Waals surface area (Å²) in [5.74, 6) is -1.04. The number of carbonyl (C=O) groups is 2. The molecule has 2 aromatic carbocycles. The second kappa shape index (κ2) is 7.84. The van der Waals surface area contributed by atoms with Crippen molar-refractivity contribution >= 4 is 29.1 Å². The quantitative estimate of drug-likeness (QED) is 0.476. The van der Waals surface area contributed by atoms with Crippen LogP contribution in [0.1, 0.15) is 30.5 Å². The minimum Gasteiger partial charge on any atom is -0.507 e. The van der Waals surface area contributed by atoms with E-state index in [4.69, 9.17) is 16.3 Å². The van der Waals surface area contributed by atoms with Gasteiger partial charge in [0.1, 0.15) is 11.5 Å². The molecule has 1 amide bonds. The highest BCUT2D eigenvalue weighted by molar-refractivity contribution is 6.46. The Hall–Kier alpha value is -2.79. The highest BCUT2D eigenvalue weighted by Gasteiger charge is 2.46. The molecule has 6 heteroatoms. The molecule has 1 aliphatic rings. The van der Waals surface area contributed by atoms with Crippen molar-refractivity contribution in [3.63, 3.8) is 0 Å². The third-order valence-corrected chi connectivity index (χ3v) is 4.77. The lowest BCUT2D eigenvalue weighted by atomic mass is 9.94. The van der Waals surface area contributed by atoms with Crippen LogP contribution in [-0.4, -0.2) is 35.4 Å². The molecule has 1 unspecified atom stereocenters. The van der Waals surface area contributed by atoms with Gasteiger partial charge in [-0.15, -0.1) is 0 Å². The molecule has 5 nitrogen and oxygen atoms in total. The van der Waals surface area contributed by atoms with Gasteiger partial charge in [-0.2, -0.15) is 0 Å². The molecular weight excluding hydrogens is 366 g/mol. The molecule has 2 aromatic rings. The maximum atomic E-state index is 12.8. The summed E-state index contributed by atoms with van der Waals surface area (Å²) >= 11 is 6.02. The van der Waals surface area contributed by atoms with Crippen LogP contribution in [0, 0.1) is 0 Å². The minimum atomic E-state index is -0.722. The lowest BCUT2D eigenvalue weighted by Crippen LogP contribution is -2.30. The van der Waals surface area contributed by atoms with Gasteiger partial charge in [-0.05, 0) is 24.6 Å². The maximum absolute atomic E-state index is 12.8. The van der Waals surface area contributed by atoms with E-state index in [0.717, 1.165) is 0 Å². The zero-order chi connectivity index (χ0) is 19.6. The Labute approximate surface area is 162 Å². The number of hydrogen-bond acceptors (Lipinski definition) is 4. The summed E-state index contributed by atoms with van der Waals surface area (Å²) in [6.45, 7) is 2.31. The Morgan fingerprint density at radius 2 is 1.93 bits per heavy atom. The molecule has 0 aliphatic carbocycles. The highest BCUT2D eigenvalue weighted by Crippen LogP contribution is 2.42. The van der Waals surface area contributed by atoms with Crippen LogP contribution in [0.15, 0.2) is 54.1 Å². The van der Waals surface area contributed by atoms with Crippen molar-refractivity contribution in [1.29, 1.82) is 0 Å². The van der Waals surface area contributed by atoms with Crippen molar-refractivity contribution in [1.82, 2.24) is 4.90 Å².